The lowest BCUT2D eigenvalue weighted by molar-refractivity contribution is 0.297. The summed E-state index contributed by atoms with van der Waals surface area (Å²) in [5.41, 5.74) is 1.57. The van der Waals surface area contributed by atoms with Gasteiger partial charge in [0.1, 0.15) is 12.9 Å². The minimum Gasteiger partial charge on any atom is -0.493 e. The predicted octanol–water partition coefficient (Wildman–Crippen LogP) is 3.89. The second-order valence-electron chi connectivity index (χ2n) is 5.76. The van der Waals surface area contributed by atoms with Gasteiger partial charge in [0.05, 0.1) is 25.1 Å². The van der Waals surface area contributed by atoms with E-state index in [-0.39, 0.29) is 6.61 Å². The molecule has 26 heavy (non-hydrogen) atoms. The van der Waals surface area contributed by atoms with E-state index in [2.05, 4.69) is 9.97 Å². The second-order valence-corrected chi connectivity index (χ2v) is 8.07. The Morgan fingerprint density at radius 2 is 1.73 bits per heavy atom. The molecule has 0 saturated heterocycles. The van der Waals surface area contributed by atoms with E-state index < -0.39 is 9.62 Å². The van der Waals surface area contributed by atoms with Gasteiger partial charge in [-0.2, -0.15) is 0 Å². The first-order chi connectivity index (χ1) is 12.4. The lowest BCUT2D eigenvalue weighted by Crippen LogP contribution is -2.01. The minimum absolute atomic E-state index is 0.282. The minimum atomic E-state index is -2.27. The normalized spacial score (nSPS) is 11.3. The molecule has 0 aliphatic rings. The number of fused-ring (bicyclic) bond motifs is 1. The van der Waals surface area contributed by atoms with E-state index in [1.807, 2.05) is 18.2 Å². The first-order valence-electron chi connectivity index (χ1n) is 7.78. The lowest BCUT2D eigenvalue weighted by Gasteiger charge is -2.12. The highest BCUT2D eigenvalue weighted by atomic mass is 32.2. The zero-order valence-corrected chi connectivity index (χ0v) is 15.6. The van der Waals surface area contributed by atoms with Crippen LogP contribution in [-0.4, -0.2) is 30.4 Å². The summed E-state index contributed by atoms with van der Waals surface area (Å²) in [6.07, 6.45) is 3.05. The average molecular weight is 372 g/mol. The Labute approximate surface area is 152 Å². The van der Waals surface area contributed by atoms with Crippen molar-refractivity contribution in [3.05, 3.63) is 48.3 Å². The van der Waals surface area contributed by atoms with Gasteiger partial charge in [0.2, 0.25) is 5.88 Å². The molecule has 2 aromatic carbocycles. The van der Waals surface area contributed by atoms with Crippen LogP contribution in [0.2, 0.25) is 0 Å². The Morgan fingerprint density at radius 3 is 2.42 bits per heavy atom. The molecule has 0 aliphatic heterocycles. The van der Waals surface area contributed by atoms with Crippen molar-refractivity contribution in [1.29, 1.82) is 9.56 Å². The number of rotatable bonds is 6. The van der Waals surface area contributed by atoms with Gasteiger partial charge in [-0.1, -0.05) is 12.1 Å². The van der Waals surface area contributed by atoms with Crippen molar-refractivity contribution in [2.24, 2.45) is 0 Å². The highest BCUT2D eigenvalue weighted by molar-refractivity contribution is 7.92. The summed E-state index contributed by atoms with van der Waals surface area (Å²) in [5.74, 6) is 1.60. The molecule has 3 rings (SSSR count). The van der Waals surface area contributed by atoms with Crippen molar-refractivity contribution in [1.82, 2.24) is 9.97 Å². The third-order valence-electron chi connectivity index (χ3n) is 3.85. The van der Waals surface area contributed by atoms with Gasteiger partial charge < -0.3 is 14.2 Å². The van der Waals surface area contributed by atoms with E-state index >= 15 is 0 Å². The highest BCUT2D eigenvalue weighted by Gasteiger charge is 2.12. The number of ether oxygens (including phenoxy) is 3. The summed E-state index contributed by atoms with van der Waals surface area (Å²) in [5, 5.41) is 0.720. The molecule has 1 heterocycles. The maximum atomic E-state index is 7.92. The smallest absolute Gasteiger partial charge is 0.224 e. The first-order valence-corrected chi connectivity index (χ1v) is 9.82. The van der Waals surface area contributed by atoms with Crippen molar-refractivity contribution in [3.8, 4) is 17.4 Å². The number of hydrogen-bond acceptors (Lipinski definition) is 7. The van der Waals surface area contributed by atoms with Crippen LogP contribution in [0.25, 0.3) is 10.9 Å². The molecule has 0 unspecified atom stereocenters. The Bertz CT molecular complexity index is 1050. The van der Waals surface area contributed by atoms with Crippen molar-refractivity contribution in [2.45, 2.75) is 11.5 Å². The van der Waals surface area contributed by atoms with Crippen LogP contribution in [0, 0.1) is 9.56 Å². The molecule has 0 radical (unpaired) electrons. The fraction of sp³-hybridized carbons (Fsp3) is 0.222. The number of hydrogen-bond donors (Lipinski definition) is 2. The van der Waals surface area contributed by atoms with E-state index in [0.29, 0.717) is 27.8 Å². The Balaban J connectivity index is 1.92. The quantitative estimate of drug-likeness (QED) is 0.683. The molecule has 0 fully saturated rings. The molecule has 0 atom stereocenters. The van der Waals surface area contributed by atoms with Crippen molar-refractivity contribution in [3.63, 3.8) is 0 Å². The number of nitrogens with one attached hydrogen (secondary N) is 2. The molecule has 0 bridgehead atoms. The van der Waals surface area contributed by atoms with Gasteiger partial charge in [-0.25, -0.2) is 9.97 Å². The van der Waals surface area contributed by atoms with Gasteiger partial charge in [0.15, 0.2) is 11.5 Å². The van der Waals surface area contributed by atoms with Crippen LogP contribution in [0.5, 0.6) is 17.4 Å². The molecule has 0 saturated carbocycles. The van der Waals surface area contributed by atoms with Gasteiger partial charge in [0, 0.05) is 17.2 Å². The van der Waals surface area contributed by atoms with E-state index in [4.69, 9.17) is 23.8 Å². The number of aromatic nitrogens is 2. The van der Waals surface area contributed by atoms with Crippen LogP contribution in [0.15, 0.2) is 47.6 Å². The van der Waals surface area contributed by atoms with Gasteiger partial charge >= 0.3 is 0 Å². The van der Waals surface area contributed by atoms with Crippen LogP contribution in [0.3, 0.4) is 0 Å². The molecule has 136 valence electrons. The maximum Gasteiger partial charge on any atom is 0.224 e. The largest absolute Gasteiger partial charge is 0.493 e. The molecule has 0 spiro atoms. The molecular weight excluding hydrogens is 352 g/mol. The topological polar surface area (TPSA) is 101 Å². The standard InChI is InChI=1S/C18H20N4O3S/c1-23-16-8-14-15(9-17(16)24-2)21-11-22-18(14)25-10-12-5-4-6-13(7-12)26(3,19)20/h4-9,11,19-20H,10H2,1-3H3. The Kier molecular flexibility index (Phi) is 4.94. The van der Waals surface area contributed by atoms with Crippen molar-refractivity contribution in [2.75, 3.05) is 20.5 Å². The summed E-state index contributed by atoms with van der Waals surface area (Å²) in [6.45, 7) is 0.282. The third-order valence-corrected chi connectivity index (χ3v) is 5.05. The zero-order chi connectivity index (χ0) is 18.7. The molecule has 0 aliphatic carbocycles. The summed E-state index contributed by atoms with van der Waals surface area (Å²) in [7, 11) is 0.872. The Hall–Kier alpha value is -2.87. The van der Waals surface area contributed by atoms with Gasteiger partial charge in [-0.05, 0) is 33.4 Å². The SMILES string of the molecule is COc1cc2ncnc(OCc3cccc(S(C)(=N)=N)c3)c2cc1OC. The highest BCUT2D eigenvalue weighted by Crippen LogP contribution is 2.34. The monoisotopic (exact) mass is 372 g/mol. The average Bonchev–Trinajstić information content (AvgIpc) is 2.64. The summed E-state index contributed by atoms with van der Waals surface area (Å²) < 4.78 is 32.4. The lowest BCUT2D eigenvalue weighted by atomic mass is 10.2. The number of nitrogens with zero attached hydrogens (tertiary/aromatic N) is 2. The molecule has 8 heteroatoms. The fourth-order valence-electron chi connectivity index (χ4n) is 2.52. The molecule has 7 nitrogen and oxygen atoms in total. The molecule has 2 N–H and O–H groups in total. The number of benzene rings is 2. The number of methoxy groups -OCH3 is 2. The molecular formula is C18H20N4O3S. The second kappa shape index (κ2) is 7.17. The van der Waals surface area contributed by atoms with Crippen LogP contribution in [0.1, 0.15) is 5.56 Å². The van der Waals surface area contributed by atoms with E-state index in [9.17, 15) is 0 Å². The first kappa shape index (κ1) is 17.9. The van der Waals surface area contributed by atoms with Gasteiger partial charge in [-0.15, -0.1) is 0 Å². The van der Waals surface area contributed by atoms with Crippen LogP contribution < -0.4 is 14.2 Å². The van der Waals surface area contributed by atoms with E-state index in [1.165, 1.54) is 6.33 Å². The fourth-order valence-corrected chi connectivity index (χ4v) is 3.25. The summed E-state index contributed by atoms with van der Waals surface area (Å²) in [6, 6.07) is 10.9. The zero-order valence-electron chi connectivity index (χ0n) is 14.8. The summed E-state index contributed by atoms with van der Waals surface area (Å²) >= 11 is 0. The van der Waals surface area contributed by atoms with Crippen LogP contribution >= 0.6 is 0 Å². The Morgan fingerprint density at radius 1 is 1.00 bits per heavy atom. The third kappa shape index (κ3) is 3.70. The molecule has 0 amide bonds. The van der Waals surface area contributed by atoms with Crippen molar-refractivity contribution >= 4 is 20.5 Å². The van der Waals surface area contributed by atoms with E-state index in [1.54, 1.807) is 38.7 Å². The maximum absolute atomic E-state index is 7.92. The molecule has 3 aromatic rings. The molecule has 1 aromatic heterocycles. The predicted molar refractivity (Wildman–Crippen MR) is 100 cm³/mol. The summed E-state index contributed by atoms with van der Waals surface area (Å²) in [4.78, 5) is 9.17. The van der Waals surface area contributed by atoms with Gasteiger partial charge in [0.25, 0.3) is 0 Å². The van der Waals surface area contributed by atoms with E-state index in [0.717, 1.165) is 10.9 Å². The van der Waals surface area contributed by atoms with Crippen LogP contribution in [-0.2, 0) is 16.2 Å². The van der Waals surface area contributed by atoms with Crippen LogP contribution in [0.4, 0.5) is 0 Å². The van der Waals surface area contributed by atoms with Gasteiger partial charge in [-0.3, -0.25) is 9.56 Å². The van der Waals surface area contributed by atoms with Crippen molar-refractivity contribution < 1.29 is 14.2 Å².